The molecule has 0 heterocycles. The lowest BCUT2D eigenvalue weighted by Crippen LogP contribution is -2.24. The summed E-state index contributed by atoms with van der Waals surface area (Å²) in [5.41, 5.74) is 3.59. The Labute approximate surface area is 159 Å². The van der Waals surface area contributed by atoms with Crippen LogP contribution >= 0.6 is 15.9 Å². The highest BCUT2D eigenvalue weighted by Gasteiger charge is 2.13. The number of hydrogen-bond acceptors (Lipinski definition) is 3. The van der Waals surface area contributed by atoms with Crippen LogP contribution in [0.25, 0.3) is 0 Å². The Balaban J connectivity index is 2.17. The number of ether oxygens (including phenoxy) is 2. The van der Waals surface area contributed by atoms with E-state index in [1.165, 1.54) is 16.7 Å². The minimum Gasteiger partial charge on any atom is -0.490 e. The van der Waals surface area contributed by atoms with E-state index >= 15 is 0 Å². The SMILES string of the molecule is CCOc1cc(CN[C@H](C)CC)cc(Br)c1OCc1ccccc1C. The van der Waals surface area contributed by atoms with E-state index in [0.29, 0.717) is 19.3 Å². The first-order chi connectivity index (χ1) is 12.0. The fraction of sp³-hybridized carbons (Fsp3) is 0.429. The molecule has 0 spiro atoms. The van der Waals surface area contributed by atoms with E-state index in [9.17, 15) is 0 Å². The van der Waals surface area contributed by atoms with Crippen LogP contribution in [-0.4, -0.2) is 12.6 Å². The standard InChI is InChI=1S/C21H28BrNO2/c1-5-16(4)23-13-17-11-19(22)21(20(12-17)24-6-2)25-14-18-10-8-7-9-15(18)3/h7-12,16,23H,5-6,13-14H2,1-4H3/t16-/m1/s1. The van der Waals surface area contributed by atoms with Gasteiger partial charge in [-0.2, -0.15) is 0 Å². The van der Waals surface area contributed by atoms with Gasteiger partial charge in [0.05, 0.1) is 11.1 Å². The van der Waals surface area contributed by atoms with Crippen LogP contribution in [0.1, 0.15) is 43.9 Å². The summed E-state index contributed by atoms with van der Waals surface area (Å²) in [4.78, 5) is 0. The van der Waals surface area contributed by atoms with Crippen LogP contribution < -0.4 is 14.8 Å². The maximum atomic E-state index is 6.10. The van der Waals surface area contributed by atoms with Crippen molar-refractivity contribution in [2.75, 3.05) is 6.61 Å². The Kier molecular flexibility index (Phi) is 7.79. The predicted octanol–water partition coefficient (Wildman–Crippen LogP) is 5.62. The quantitative estimate of drug-likeness (QED) is 0.586. The van der Waals surface area contributed by atoms with Crippen molar-refractivity contribution in [1.82, 2.24) is 5.32 Å². The highest BCUT2D eigenvalue weighted by atomic mass is 79.9. The molecule has 0 aliphatic heterocycles. The molecule has 0 amide bonds. The van der Waals surface area contributed by atoms with Gasteiger partial charge in [0.2, 0.25) is 0 Å². The van der Waals surface area contributed by atoms with Gasteiger partial charge in [-0.05, 0) is 71.9 Å². The topological polar surface area (TPSA) is 30.5 Å². The van der Waals surface area contributed by atoms with Crippen LogP contribution in [0.15, 0.2) is 40.9 Å². The molecule has 25 heavy (non-hydrogen) atoms. The maximum absolute atomic E-state index is 6.10. The summed E-state index contributed by atoms with van der Waals surface area (Å²) in [5.74, 6) is 1.55. The van der Waals surface area contributed by atoms with Gasteiger partial charge in [0.1, 0.15) is 6.61 Å². The van der Waals surface area contributed by atoms with Crippen LogP contribution in [0.5, 0.6) is 11.5 Å². The summed E-state index contributed by atoms with van der Waals surface area (Å²) in [6.07, 6.45) is 1.11. The number of benzene rings is 2. The third kappa shape index (κ3) is 5.75. The van der Waals surface area contributed by atoms with Crippen molar-refractivity contribution in [2.45, 2.75) is 53.3 Å². The summed E-state index contributed by atoms with van der Waals surface area (Å²) in [5, 5.41) is 3.51. The third-order valence-electron chi connectivity index (χ3n) is 4.27. The molecule has 3 nitrogen and oxygen atoms in total. The number of rotatable bonds is 9. The van der Waals surface area contributed by atoms with Crippen molar-refractivity contribution >= 4 is 15.9 Å². The van der Waals surface area contributed by atoms with Gasteiger partial charge in [0, 0.05) is 12.6 Å². The average Bonchev–Trinajstić information content (AvgIpc) is 2.60. The lowest BCUT2D eigenvalue weighted by atomic mass is 10.1. The number of halogens is 1. The van der Waals surface area contributed by atoms with Crippen LogP contribution in [0.3, 0.4) is 0 Å². The van der Waals surface area contributed by atoms with Gasteiger partial charge in [-0.25, -0.2) is 0 Å². The molecule has 0 bridgehead atoms. The Morgan fingerprint density at radius 3 is 2.56 bits per heavy atom. The fourth-order valence-corrected chi connectivity index (χ4v) is 3.09. The molecule has 0 aliphatic carbocycles. The van der Waals surface area contributed by atoms with E-state index in [1.54, 1.807) is 0 Å². The van der Waals surface area contributed by atoms with Gasteiger partial charge in [-0.3, -0.25) is 0 Å². The molecule has 2 aromatic rings. The molecule has 0 aliphatic rings. The molecule has 0 fully saturated rings. The predicted molar refractivity (Wildman–Crippen MR) is 107 cm³/mol. The van der Waals surface area contributed by atoms with Crippen molar-refractivity contribution in [3.05, 3.63) is 57.6 Å². The zero-order valence-corrected chi connectivity index (χ0v) is 17.2. The van der Waals surface area contributed by atoms with Gasteiger partial charge in [-0.1, -0.05) is 31.2 Å². The van der Waals surface area contributed by atoms with Gasteiger partial charge in [0.25, 0.3) is 0 Å². The van der Waals surface area contributed by atoms with Crippen molar-refractivity contribution in [3.8, 4) is 11.5 Å². The number of nitrogens with one attached hydrogen (secondary N) is 1. The normalized spacial score (nSPS) is 12.0. The molecule has 0 radical (unpaired) electrons. The summed E-state index contributed by atoms with van der Waals surface area (Å²) in [6.45, 7) is 10.4. The molecule has 1 atom stereocenters. The number of hydrogen-bond donors (Lipinski definition) is 1. The second-order valence-corrected chi connectivity index (χ2v) is 7.10. The molecule has 0 saturated carbocycles. The van der Waals surface area contributed by atoms with Crippen molar-refractivity contribution < 1.29 is 9.47 Å². The van der Waals surface area contributed by atoms with E-state index in [4.69, 9.17) is 9.47 Å². The van der Waals surface area contributed by atoms with Gasteiger partial charge in [-0.15, -0.1) is 0 Å². The zero-order valence-electron chi connectivity index (χ0n) is 15.6. The molecular weight excluding hydrogens is 378 g/mol. The lowest BCUT2D eigenvalue weighted by Gasteiger charge is -2.17. The van der Waals surface area contributed by atoms with E-state index < -0.39 is 0 Å². The van der Waals surface area contributed by atoms with Gasteiger partial charge < -0.3 is 14.8 Å². The highest BCUT2D eigenvalue weighted by Crippen LogP contribution is 2.37. The first-order valence-corrected chi connectivity index (χ1v) is 9.70. The molecule has 0 unspecified atom stereocenters. The van der Waals surface area contributed by atoms with Crippen molar-refractivity contribution in [3.63, 3.8) is 0 Å². The van der Waals surface area contributed by atoms with Crippen LogP contribution in [0.4, 0.5) is 0 Å². The zero-order chi connectivity index (χ0) is 18.2. The highest BCUT2D eigenvalue weighted by molar-refractivity contribution is 9.10. The Hall–Kier alpha value is -1.52. The molecule has 2 rings (SSSR count). The monoisotopic (exact) mass is 405 g/mol. The molecule has 4 heteroatoms. The van der Waals surface area contributed by atoms with Gasteiger partial charge >= 0.3 is 0 Å². The van der Waals surface area contributed by atoms with Crippen LogP contribution in [0, 0.1) is 6.92 Å². The Morgan fingerprint density at radius 1 is 1.12 bits per heavy atom. The minimum absolute atomic E-state index is 0.492. The largest absolute Gasteiger partial charge is 0.490 e. The summed E-state index contributed by atoms with van der Waals surface area (Å²) in [6, 6.07) is 12.9. The third-order valence-corrected chi connectivity index (χ3v) is 4.86. The van der Waals surface area contributed by atoms with Crippen LogP contribution in [0.2, 0.25) is 0 Å². The van der Waals surface area contributed by atoms with Crippen molar-refractivity contribution in [2.24, 2.45) is 0 Å². The minimum atomic E-state index is 0.492. The average molecular weight is 406 g/mol. The number of aryl methyl sites for hydroxylation is 1. The maximum Gasteiger partial charge on any atom is 0.175 e. The smallest absolute Gasteiger partial charge is 0.175 e. The first-order valence-electron chi connectivity index (χ1n) is 8.91. The second-order valence-electron chi connectivity index (χ2n) is 6.24. The summed E-state index contributed by atoms with van der Waals surface area (Å²) in [7, 11) is 0. The summed E-state index contributed by atoms with van der Waals surface area (Å²) >= 11 is 3.65. The van der Waals surface area contributed by atoms with E-state index in [2.05, 4.69) is 66.3 Å². The lowest BCUT2D eigenvalue weighted by molar-refractivity contribution is 0.267. The first kappa shape index (κ1) is 19.8. The molecule has 1 N–H and O–H groups in total. The van der Waals surface area contributed by atoms with Crippen LogP contribution in [-0.2, 0) is 13.2 Å². The molecule has 136 valence electrons. The molecule has 0 aromatic heterocycles. The van der Waals surface area contributed by atoms with Gasteiger partial charge in [0.15, 0.2) is 11.5 Å². The molecule has 0 saturated heterocycles. The Bertz CT molecular complexity index is 688. The second kappa shape index (κ2) is 9.83. The molecule has 2 aromatic carbocycles. The fourth-order valence-electron chi connectivity index (χ4n) is 2.48. The molecular formula is C21H28BrNO2. The Morgan fingerprint density at radius 2 is 1.88 bits per heavy atom. The van der Waals surface area contributed by atoms with Crippen molar-refractivity contribution in [1.29, 1.82) is 0 Å². The van der Waals surface area contributed by atoms with E-state index in [1.807, 2.05) is 19.1 Å². The van der Waals surface area contributed by atoms with E-state index in [-0.39, 0.29) is 0 Å². The summed E-state index contributed by atoms with van der Waals surface area (Å²) < 4.78 is 12.8. The van der Waals surface area contributed by atoms with E-state index in [0.717, 1.165) is 28.9 Å².